The number of thiazole rings is 1. The third-order valence-corrected chi connectivity index (χ3v) is 7.04. The fourth-order valence-corrected chi connectivity index (χ4v) is 4.08. The number of carbonyl (C=O) groups excluding carboxylic acids is 1. The Hall–Kier alpha value is -1.73. The molecule has 1 aromatic heterocycles. The molecule has 0 bridgehead atoms. The summed E-state index contributed by atoms with van der Waals surface area (Å²) in [6.07, 6.45) is 0.481. The lowest BCUT2D eigenvalue weighted by Crippen LogP contribution is -2.45. The molecule has 0 saturated carbocycles. The van der Waals surface area contributed by atoms with Crippen LogP contribution < -0.4 is 5.32 Å². The predicted octanol–water partition coefficient (Wildman–Crippen LogP) is 3.35. The third kappa shape index (κ3) is 3.79. The van der Waals surface area contributed by atoms with E-state index in [4.69, 9.17) is 0 Å². The summed E-state index contributed by atoms with van der Waals surface area (Å²) in [6, 6.07) is 9.59. The quantitative estimate of drug-likeness (QED) is 0.865. The summed E-state index contributed by atoms with van der Waals surface area (Å²) in [6.45, 7) is 4.64. The minimum atomic E-state index is -3.51. The lowest BCUT2D eigenvalue weighted by molar-refractivity contribution is -0.117. The van der Waals surface area contributed by atoms with Gasteiger partial charge in [-0.1, -0.05) is 37.3 Å². The van der Waals surface area contributed by atoms with Crippen molar-refractivity contribution in [2.24, 2.45) is 0 Å². The molecule has 1 amide bonds. The van der Waals surface area contributed by atoms with Gasteiger partial charge in [-0.2, -0.15) is 0 Å². The van der Waals surface area contributed by atoms with Crippen LogP contribution in [0.15, 0.2) is 35.7 Å². The van der Waals surface area contributed by atoms with E-state index in [0.29, 0.717) is 11.6 Å². The third-order valence-electron chi connectivity index (χ3n) is 3.59. The second kappa shape index (κ2) is 6.80. The SMILES string of the molecule is CCCS(=O)(=O)C(C)(C)C(=O)Nc1nc(-c2ccccc2)cs1. The van der Waals surface area contributed by atoms with E-state index in [0.717, 1.165) is 11.3 Å². The van der Waals surface area contributed by atoms with Crippen LogP contribution in [-0.2, 0) is 14.6 Å². The summed E-state index contributed by atoms with van der Waals surface area (Å²) in [7, 11) is -3.51. The van der Waals surface area contributed by atoms with Crippen molar-refractivity contribution in [3.8, 4) is 11.3 Å². The number of rotatable bonds is 6. The predicted molar refractivity (Wildman–Crippen MR) is 94.3 cm³/mol. The zero-order valence-electron chi connectivity index (χ0n) is 13.4. The first-order valence-corrected chi connectivity index (χ1v) is 9.86. The number of nitrogens with one attached hydrogen (secondary N) is 1. The smallest absolute Gasteiger partial charge is 0.247 e. The van der Waals surface area contributed by atoms with Crippen LogP contribution in [0, 0.1) is 0 Å². The minimum Gasteiger partial charge on any atom is -0.301 e. The first-order chi connectivity index (χ1) is 10.8. The lowest BCUT2D eigenvalue weighted by Gasteiger charge is -2.22. The monoisotopic (exact) mass is 352 g/mol. The molecule has 0 saturated heterocycles. The molecule has 23 heavy (non-hydrogen) atoms. The summed E-state index contributed by atoms with van der Waals surface area (Å²) in [5.41, 5.74) is 1.70. The lowest BCUT2D eigenvalue weighted by atomic mass is 10.2. The Balaban J connectivity index is 2.17. The van der Waals surface area contributed by atoms with Crippen molar-refractivity contribution in [2.75, 3.05) is 11.1 Å². The molecule has 5 nitrogen and oxygen atoms in total. The highest BCUT2D eigenvalue weighted by molar-refractivity contribution is 7.93. The summed E-state index contributed by atoms with van der Waals surface area (Å²) >= 11 is 1.27. The number of amides is 1. The average Bonchev–Trinajstić information content (AvgIpc) is 2.96. The van der Waals surface area contributed by atoms with Crippen LogP contribution >= 0.6 is 11.3 Å². The van der Waals surface area contributed by atoms with Crippen molar-refractivity contribution in [1.82, 2.24) is 4.98 Å². The number of hydrogen-bond donors (Lipinski definition) is 1. The average molecular weight is 352 g/mol. The molecule has 2 rings (SSSR count). The van der Waals surface area contributed by atoms with Crippen molar-refractivity contribution >= 4 is 32.2 Å². The Morgan fingerprint density at radius 2 is 1.91 bits per heavy atom. The molecule has 0 spiro atoms. The molecule has 0 atom stereocenters. The maximum atomic E-state index is 12.4. The summed E-state index contributed by atoms with van der Waals surface area (Å²) < 4.78 is 23.0. The molecule has 1 heterocycles. The molecule has 7 heteroatoms. The van der Waals surface area contributed by atoms with E-state index >= 15 is 0 Å². The summed E-state index contributed by atoms with van der Waals surface area (Å²) in [4.78, 5) is 16.7. The normalized spacial score (nSPS) is 12.1. The topological polar surface area (TPSA) is 76.1 Å². The van der Waals surface area contributed by atoms with Gasteiger partial charge in [0.2, 0.25) is 5.91 Å². The van der Waals surface area contributed by atoms with Gasteiger partial charge < -0.3 is 5.32 Å². The minimum absolute atomic E-state index is 0.0133. The number of aromatic nitrogens is 1. The first-order valence-electron chi connectivity index (χ1n) is 7.32. The summed E-state index contributed by atoms with van der Waals surface area (Å²) in [5, 5.41) is 4.85. The van der Waals surface area contributed by atoms with Crippen LogP contribution in [0.4, 0.5) is 5.13 Å². The fourth-order valence-electron chi connectivity index (χ4n) is 1.99. The Bertz CT molecular complexity index is 781. The van der Waals surface area contributed by atoms with Crippen molar-refractivity contribution in [3.63, 3.8) is 0 Å². The van der Waals surface area contributed by atoms with E-state index < -0.39 is 20.5 Å². The first kappa shape index (κ1) is 17.6. The van der Waals surface area contributed by atoms with E-state index in [1.807, 2.05) is 35.7 Å². The molecule has 1 aromatic carbocycles. The van der Waals surface area contributed by atoms with Gasteiger partial charge in [0, 0.05) is 10.9 Å². The molecule has 1 N–H and O–H groups in total. The molecular weight excluding hydrogens is 332 g/mol. The van der Waals surface area contributed by atoms with Crippen LogP contribution in [0.5, 0.6) is 0 Å². The molecule has 124 valence electrons. The maximum absolute atomic E-state index is 12.4. The highest BCUT2D eigenvalue weighted by atomic mass is 32.2. The van der Waals surface area contributed by atoms with Crippen LogP contribution in [0.25, 0.3) is 11.3 Å². The molecule has 0 aliphatic heterocycles. The Morgan fingerprint density at radius 3 is 2.52 bits per heavy atom. The molecular formula is C16H20N2O3S2. The van der Waals surface area contributed by atoms with Gasteiger partial charge in [0.25, 0.3) is 0 Å². The molecule has 0 aliphatic carbocycles. The highest BCUT2D eigenvalue weighted by Gasteiger charge is 2.41. The van der Waals surface area contributed by atoms with Gasteiger partial charge in [0.1, 0.15) is 4.75 Å². The van der Waals surface area contributed by atoms with Gasteiger partial charge in [0.05, 0.1) is 11.4 Å². The number of benzene rings is 1. The Kier molecular flexibility index (Phi) is 5.21. The van der Waals surface area contributed by atoms with Crippen LogP contribution in [0.3, 0.4) is 0 Å². The molecule has 0 unspecified atom stereocenters. The number of carbonyl (C=O) groups is 1. The van der Waals surface area contributed by atoms with Crippen molar-refractivity contribution < 1.29 is 13.2 Å². The maximum Gasteiger partial charge on any atom is 0.247 e. The zero-order chi connectivity index (χ0) is 17.1. The second-order valence-electron chi connectivity index (χ2n) is 5.69. The largest absolute Gasteiger partial charge is 0.301 e. The van der Waals surface area contributed by atoms with E-state index in [-0.39, 0.29) is 5.75 Å². The molecule has 0 aliphatic rings. The van der Waals surface area contributed by atoms with Gasteiger partial charge in [0.15, 0.2) is 15.0 Å². The van der Waals surface area contributed by atoms with Crippen LogP contribution in [0.2, 0.25) is 0 Å². The number of nitrogens with zero attached hydrogens (tertiary/aromatic N) is 1. The van der Waals surface area contributed by atoms with Crippen LogP contribution in [-0.4, -0.2) is 29.8 Å². The van der Waals surface area contributed by atoms with E-state index in [2.05, 4.69) is 10.3 Å². The van der Waals surface area contributed by atoms with Crippen LogP contribution in [0.1, 0.15) is 27.2 Å². The van der Waals surface area contributed by atoms with Gasteiger partial charge in [-0.25, -0.2) is 13.4 Å². The van der Waals surface area contributed by atoms with Gasteiger partial charge in [-0.05, 0) is 20.3 Å². The van der Waals surface area contributed by atoms with E-state index in [1.165, 1.54) is 25.2 Å². The number of sulfone groups is 1. The van der Waals surface area contributed by atoms with Crippen molar-refractivity contribution in [1.29, 1.82) is 0 Å². The molecule has 2 aromatic rings. The van der Waals surface area contributed by atoms with Crippen molar-refractivity contribution in [3.05, 3.63) is 35.7 Å². The number of hydrogen-bond acceptors (Lipinski definition) is 5. The van der Waals surface area contributed by atoms with Crippen molar-refractivity contribution in [2.45, 2.75) is 31.9 Å². The van der Waals surface area contributed by atoms with Gasteiger partial charge >= 0.3 is 0 Å². The van der Waals surface area contributed by atoms with E-state index in [9.17, 15) is 13.2 Å². The number of anilines is 1. The van der Waals surface area contributed by atoms with Gasteiger partial charge in [-0.15, -0.1) is 11.3 Å². The molecule has 0 radical (unpaired) electrons. The molecule has 0 fully saturated rings. The van der Waals surface area contributed by atoms with Gasteiger partial charge in [-0.3, -0.25) is 4.79 Å². The highest BCUT2D eigenvalue weighted by Crippen LogP contribution is 2.26. The summed E-state index contributed by atoms with van der Waals surface area (Å²) in [5.74, 6) is -0.569. The Morgan fingerprint density at radius 1 is 1.26 bits per heavy atom. The fraction of sp³-hybridized carbons (Fsp3) is 0.375. The Labute approximate surface area is 140 Å². The standard InChI is InChI=1S/C16H20N2O3S2/c1-4-10-23(20,21)16(2,3)14(19)18-15-17-13(11-22-15)12-8-6-5-7-9-12/h5-9,11H,4,10H2,1-3H3,(H,17,18,19). The second-order valence-corrected chi connectivity index (χ2v) is 9.20. The van der Waals surface area contributed by atoms with E-state index in [1.54, 1.807) is 6.92 Å². The zero-order valence-corrected chi connectivity index (χ0v) is 15.0.